The fourth-order valence-corrected chi connectivity index (χ4v) is 3.07. The summed E-state index contributed by atoms with van der Waals surface area (Å²) in [5.41, 5.74) is 2.59. The Balaban J connectivity index is 2.07. The zero-order valence-electron chi connectivity index (χ0n) is 11.3. The number of benzene rings is 1. The van der Waals surface area contributed by atoms with Crippen molar-refractivity contribution in [2.45, 2.75) is 32.2 Å². The number of hydrogen-bond donors (Lipinski definition) is 0. The van der Waals surface area contributed by atoms with E-state index in [4.69, 9.17) is 0 Å². The first-order valence-electron chi connectivity index (χ1n) is 6.83. The van der Waals surface area contributed by atoms with Crippen LogP contribution in [-0.2, 0) is 16.0 Å². The van der Waals surface area contributed by atoms with Gasteiger partial charge in [-0.25, -0.2) is 0 Å². The third kappa shape index (κ3) is 1.80. The minimum absolute atomic E-state index is 0.0563. The van der Waals surface area contributed by atoms with Crippen LogP contribution in [-0.4, -0.2) is 22.5 Å². The van der Waals surface area contributed by atoms with Gasteiger partial charge in [0.25, 0.3) is 11.8 Å². The molecule has 0 spiro atoms. The lowest BCUT2D eigenvalue weighted by Crippen LogP contribution is -2.33. The highest BCUT2D eigenvalue weighted by atomic mass is 16.2. The summed E-state index contributed by atoms with van der Waals surface area (Å²) < 4.78 is 0. The summed E-state index contributed by atoms with van der Waals surface area (Å²) in [4.78, 5) is 37.1. The second-order valence-corrected chi connectivity index (χ2v) is 5.09. The van der Waals surface area contributed by atoms with Crippen molar-refractivity contribution in [3.63, 3.8) is 0 Å². The molecular formula is C16H15NO3. The molecule has 2 amide bonds. The van der Waals surface area contributed by atoms with Crippen LogP contribution in [0.3, 0.4) is 0 Å². The average Bonchev–Trinajstić information content (AvgIpc) is 3.01. The fraction of sp³-hybridized carbons (Fsp3) is 0.312. The van der Waals surface area contributed by atoms with Crippen LogP contribution in [0.5, 0.6) is 0 Å². The SMILES string of the molecule is CCC(=O)c1cccc2c1[C@@H](N1C(=O)C=CC1=O)CC2. The second kappa shape index (κ2) is 4.71. The molecule has 2 aliphatic rings. The van der Waals surface area contributed by atoms with Gasteiger partial charge in [0.1, 0.15) is 0 Å². The zero-order valence-corrected chi connectivity index (χ0v) is 11.3. The molecule has 1 aromatic carbocycles. The van der Waals surface area contributed by atoms with Crippen LogP contribution in [0, 0.1) is 0 Å². The van der Waals surface area contributed by atoms with Crippen molar-refractivity contribution < 1.29 is 14.4 Å². The molecule has 0 saturated carbocycles. The van der Waals surface area contributed by atoms with Gasteiger partial charge in [0.2, 0.25) is 0 Å². The summed E-state index contributed by atoms with van der Waals surface area (Å²) >= 11 is 0. The summed E-state index contributed by atoms with van der Waals surface area (Å²) in [5, 5.41) is 0. The highest BCUT2D eigenvalue weighted by Gasteiger charge is 2.38. The topological polar surface area (TPSA) is 54.5 Å². The van der Waals surface area contributed by atoms with Crippen LogP contribution in [0.4, 0.5) is 0 Å². The molecule has 0 radical (unpaired) electrons. The Morgan fingerprint density at radius 3 is 2.60 bits per heavy atom. The van der Waals surface area contributed by atoms with Crippen molar-refractivity contribution in [1.82, 2.24) is 4.90 Å². The van der Waals surface area contributed by atoms with E-state index >= 15 is 0 Å². The van der Waals surface area contributed by atoms with Crippen molar-refractivity contribution >= 4 is 17.6 Å². The number of nitrogens with zero attached hydrogens (tertiary/aromatic N) is 1. The number of Topliss-reactive ketones (excluding diaryl/α,β-unsaturated/α-hetero) is 1. The van der Waals surface area contributed by atoms with Gasteiger partial charge in [-0.15, -0.1) is 0 Å². The van der Waals surface area contributed by atoms with E-state index in [0.29, 0.717) is 18.4 Å². The van der Waals surface area contributed by atoms with Crippen molar-refractivity contribution in [1.29, 1.82) is 0 Å². The third-order valence-corrected chi connectivity index (χ3v) is 3.99. The number of hydrogen-bond acceptors (Lipinski definition) is 3. The molecule has 0 unspecified atom stereocenters. The van der Waals surface area contributed by atoms with E-state index in [1.807, 2.05) is 19.1 Å². The molecule has 20 heavy (non-hydrogen) atoms. The Bertz CT molecular complexity index is 627. The van der Waals surface area contributed by atoms with Gasteiger partial charge in [0.15, 0.2) is 5.78 Å². The highest BCUT2D eigenvalue weighted by molar-refractivity contribution is 6.13. The molecular weight excluding hydrogens is 254 g/mol. The van der Waals surface area contributed by atoms with E-state index in [0.717, 1.165) is 17.5 Å². The Morgan fingerprint density at radius 1 is 1.25 bits per heavy atom. The van der Waals surface area contributed by atoms with Gasteiger partial charge in [-0.05, 0) is 24.0 Å². The lowest BCUT2D eigenvalue weighted by atomic mass is 9.96. The summed E-state index contributed by atoms with van der Waals surface area (Å²) in [7, 11) is 0. The second-order valence-electron chi connectivity index (χ2n) is 5.09. The third-order valence-electron chi connectivity index (χ3n) is 3.99. The Hall–Kier alpha value is -2.23. The van der Waals surface area contributed by atoms with Gasteiger partial charge in [-0.3, -0.25) is 19.3 Å². The fourth-order valence-electron chi connectivity index (χ4n) is 3.07. The van der Waals surface area contributed by atoms with Crippen molar-refractivity contribution in [2.75, 3.05) is 0 Å². The highest BCUT2D eigenvalue weighted by Crippen LogP contribution is 2.39. The Morgan fingerprint density at radius 2 is 1.95 bits per heavy atom. The van der Waals surface area contributed by atoms with Gasteiger partial charge < -0.3 is 0 Å². The maximum atomic E-state index is 12.1. The standard InChI is InChI=1S/C16H15NO3/c1-2-13(18)11-5-3-4-10-6-7-12(16(10)11)17-14(19)8-9-15(17)20/h3-5,8-9,12H,2,6-7H2,1H3/t12-/m0/s1. The molecule has 3 rings (SSSR count). The number of fused-ring (bicyclic) bond motifs is 1. The number of amides is 2. The van der Waals surface area contributed by atoms with Crippen LogP contribution < -0.4 is 0 Å². The lowest BCUT2D eigenvalue weighted by molar-refractivity contribution is -0.139. The molecule has 0 bridgehead atoms. The molecule has 1 atom stereocenters. The molecule has 4 nitrogen and oxygen atoms in total. The molecule has 0 fully saturated rings. The zero-order chi connectivity index (χ0) is 14.3. The first-order chi connectivity index (χ1) is 9.63. The van der Waals surface area contributed by atoms with Crippen molar-refractivity contribution in [2.24, 2.45) is 0 Å². The van der Waals surface area contributed by atoms with Gasteiger partial charge in [-0.2, -0.15) is 0 Å². The number of imide groups is 1. The Kier molecular flexibility index (Phi) is 3.01. The van der Waals surface area contributed by atoms with Crippen molar-refractivity contribution in [3.05, 3.63) is 47.0 Å². The summed E-state index contributed by atoms with van der Waals surface area (Å²) in [6.45, 7) is 1.82. The van der Waals surface area contributed by atoms with Crippen LogP contribution in [0.15, 0.2) is 30.4 Å². The average molecular weight is 269 g/mol. The number of carbonyl (C=O) groups is 3. The largest absolute Gasteiger partial charge is 0.294 e. The molecule has 102 valence electrons. The van der Waals surface area contributed by atoms with E-state index < -0.39 is 0 Å². The summed E-state index contributed by atoms with van der Waals surface area (Å²) in [5.74, 6) is -0.515. The normalized spacial score (nSPS) is 20.6. The first kappa shape index (κ1) is 12.8. The molecule has 1 aliphatic carbocycles. The summed E-state index contributed by atoms with van der Waals surface area (Å²) in [6, 6.07) is 5.34. The number of aryl methyl sites for hydroxylation is 1. The monoisotopic (exact) mass is 269 g/mol. The molecule has 0 aromatic heterocycles. The van der Waals surface area contributed by atoms with Gasteiger partial charge >= 0.3 is 0 Å². The number of rotatable bonds is 3. The van der Waals surface area contributed by atoms with E-state index in [2.05, 4.69) is 0 Å². The van der Waals surface area contributed by atoms with E-state index in [-0.39, 0.29) is 23.6 Å². The molecule has 1 heterocycles. The van der Waals surface area contributed by atoms with E-state index in [1.165, 1.54) is 17.1 Å². The molecule has 0 N–H and O–H groups in total. The van der Waals surface area contributed by atoms with Gasteiger partial charge in [0, 0.05) is 24.1 Å². The van der Waals surface area contributed by atoms with Crippen LogP contribution >= 0.6 is 0 Å². The molecule has 4 heteroatoms. The minimum atomic E-state index is -0.299. The van der Waals surface area contributed by atoms with Crippen LogP contribution in [0.25, 0.3) is 0 Å². The van der Waals surface area contributed by atoms with E-state index in [1.54, 1.807) is 6.07 Å². The first-order valence-corrected chi connectivity index (χ1v) is 6.83. The molecule has 1 aromatic rings. The number of ketones is 1. The van der Waals surface area contributed by atoms with Gasteiger partial charge in [0.05, 0.1) is 6.04 Å². The van der Waals surface area contributed by atoms with Crippen molar-refractivity contribution in [3.8, 4) is 0 Å². The van der Waals surface area contributed by atoms with Crippen LogP contribution in [0.1, 0.15) is 47.3 Å². The molecule has 1 aliphatic heterocycles. The lowest BCUT2D eigenvalue weighted by Gasteiger charge is -2.24. The predicted molar refractivity (Wildman–Crippen MR) is 73.1 cm³/mol. The molecule has 0 saturated heterocycles. The van der Waals surface area contributed by atoms with Crippen LogP contribution in [0.2, 0.25) is 0 Å². The maximum absolute atomic E-state index is 12.1. The van der Waals surface area contributed by atoms with Gasteiger partial charge in [-0.1, -0.05) is 25.1 Å². The minimum Gasteiger partial charge on any atom is -0.294 e. The Labute approximate surface area is 117 Å². The quantitative estimate of drug-likeness (QED) is 0.624. The number of carbonyl (C=O) groups excluding carboxylic acids is 3. The smallest absolute Gasteiger partial charge is 0.254 e. The maximum Gasteiger partial charge on any atom is 0.254 e. The predicted octanol–water partition coefficient (Wildman–Crippen LogP) is 2.19. The van der Waals surface area contributed by atoms with E-state index in [9.17, 15) is 14.4 Å². The summed E-state index contributed by atoms with van der Waals surface area (Å²) in [6.07, 6.45) is 4.50.